The molecule has 2 heterocycles. The van der Waals surface area contributed by atoms with Crippen molar-refractivity contribution in [2.24, 2.45) is 0 Å². The molecule has 27 heavy (non-hydrogen) atoms. The van der Waals surface area contributed by atoms with Crippen LogP contribution in [0.3, 0.4) is 0 Å². The van der Waals surface area contributed by atoms with E-state index in [1.165, 1.54) is 0 Å². The zero-order chi connectivity index (χ0) is 19.0. The minimum atomic E-state index is -0.875. The molecule has 0 N–H and O–H groups in total. The number of benzene rings is 2. The Balaban J connectivity index is 1.60. The number of hydrogen-bond donors (Lipinski definition) is 0. The Kier molecular flexibility index (Phi) is 4.58. The van der Waals surface area contributed by atoms with Crippen molar-refractivity contribution >= 4 is 33.6 Å². The van der Waals surface area contributed by atoms with Gasteiger partial charge >= 0.3 is 5.97 Å². The van der Waals surface area contributed by atoms with E-state index >= 15 is 0 Å². The number of carbonyl (C=O) groups is 2. The highest BCUT2D eigenvalue weighted by Crippen LogP contribution is 2.32. The van der Waals surface area contributed by atoms with Crippen molar-refractivity contribution in [2.75, 3.05) is 26.3 Å². The maximum atomic E-state index is 12.7. The Morgan fingerprint density at radius 1 is 1.07 bits per heavy atom. The monoisotopic (exact) mass is 367 g/mol. The molecule has 4 rings (SSSR count). The van der Waals surface area contributed by atoms with Gasteiger partial charge in [-0.2, -0.15) is 0 Å². The van der Waals surface area contributed by atoms with Crippen LogP contribution in [0.1, 0.15) is 23.0 Å². The summed E-state index contributed by atoms with van der Waals surface area (Å²) in [6, 6.07) is 11.8. The molecule has 1 fully saturated rings. The van der Waals surface area contributed by atoms with E-state index < -0.39 is 12.1 Å². The van der Waals surface area contributed by atoms with Gasteiger partial charge < -0.3 is 18.8 Å². The molecule has 1 aliphatic rings. The highest BCUT2D eigenvalue weighted by molar-refractivity contribution is 6.08. The number of aryl methyl sites for hydroxylation is 1. The van der Waals surface area contributed by atoms with Gasteiger partial charge in [-0.15, -0.1) is 0 Å². The summed E-state index contributed by atoms with van der Waals surface area (Å²) in [5.74, 6) is -0.698. The van der Waals surface area contributed by atoms with E-state index in [4.69, 9.17) is 13.9 Å². The van der Waals surface area contributed by atoms with E-state index in [-0.39, 0.29) is 11.7 Å². The average Bonchev–Trinajstić information content (AvgIpc) is 3.05. The molecule has 1 aromatic heterocycles. The lowest BCUT2D eigenvalue weighted by molar-refractivity contribution is -0.143. The van der Waals surface area contributed by atoms with Crippen LogP contribution in [0.15, 0.2) is 40.8 Å². The summed E-state index contributed by atoms with van der Waals surface area (Å²) < 4.78 is 16.5. The second kappa shape index (κ2) is 7.04. The van der Waals surface area contributed by atoms with Crippen molar-refractivity contribution in [3.8, 4) is 0 Å². The summed E-state index contributed by atoms with van der Waals surface area (Å²) in [5.41, 5.74) is 1.37. The van der Waals surface area contributed by atoms with Crippen LogP contribution < -0.4 is 0 Å². The molecule has 0 spiro atoms. The lowest BCUT2D eigenvalue weighted by atomic mass is 10.1. The van der Waals surface area contributed by atoms with E-state index in [1.807, 2.05) is 43.3 Å². The largest absolute Gasteiger partial charge is 0.448 e. The molecule has 1 unspecified atom stereocenters. The van der Waals surface area contributed by atoms with Crippen molar-refractivity contribution in [3.63, 3.8) is 0 Å². The lowest BCUT2D eigenvalue weighted by Crippen LogP contribution is -2.46. The second-order valence-corrected chi connectivity index (χ2v) is 6.70. The molecule has 2 aromatic carbocycles. The van der Waals surface area contributed by atoms with Crippen molar-refractivity contribution in [3.05, 3.63) is 47.7 Å². The Morgan fingerprint density at radius 2 is 1.81 bits per heavy atom. The summed E-state index contributed by atoms with van der Waals surface area (Å²) >= 11 is 0. The minimum Gasteiger partial charge on any atom is -0.448 e. The molecule has 6 heteroatoms. The fourth-order valence-electron chi connectivity index (χ4n) is 3.45. The third-order valence-electron chi connectivity index (χ3n) is 4.97. The van der Waals surface area contributed by atoms with Crippen molar-refractivity contribution in [1.29, 1.82) is 0 Å². The smallest absolute Gasteiger partial charge is 0.375 e. The summed E-state index contributed by atoms with van der Waals surface area (Å²) in [5, 5.41) is 2.84. The molecular weight excluding hydrogens is 346 g/mol. The molecule has 3 aromatic rings. The Labute approximate surface area is 156 Å². The van der Waals surface area contributed by atoms with Crippen LogP contribution in [0, 0.1) is 6.92 Å². The number of morpholine rings is 1. The minimum absolute atomic E-state index is 0.142. The molecular formula is C21H21NO5. The van der Waals surface area contributed by atoms with Crippen LogP contribution in [-0.4, -0.2) is 49.2 Å². The zero-order valence-corrected chi connectivity index (χ0v) is 15.4. The fraction of sp³-hybridized carbons (Fsp3) is 0.333. The first-order chi connectivity index (χ1) is 13.1. The Bertz CT molecular complexity index is 1020. The molecule has 1 atom stereocenters. The average molecular weight is 367 g/mol. The quantitative estimate of drug-likeness (QED) is 0.665. The number of amides is 1. The molecule has 0 saturated carbocycles. The SMILES string of the molecule is Cc1c(C(=O)OC(C)C(=O)N2CCOCC2)oc2c1ccc1ccccc12. The van der Waals surface area contributed by atoms with Gasteiger partial charge in [0.15, 0.2) is 6.10 Å². The summed E-state index contributed by atoms with van der Waals surface area (Å²) in [4.78, 5) is 26.8. The lowest BCUT2D eigenvalue weighted by Gasteiger charge is -2.28. The van der Waals surface area contributed by atoms with E-state index in [1.54, 1.807) is 11.8 Å². The Morgan fingerprint density at radius 3 is 2.59 bits per heavy atom. The predicted molar refractivity (Wildman–Crippen MR) is 101 cm³/mol. The Hall–Kier alpha value is -2.86. The van der Waals surface area contributed by atoms with Gasteiger partial charge in [-0.25, -0.2) is 4.79 Å². The van der Waals surface area contributed by atoms with Crippen molar-refractivity contribution < 1.29 is 23.5 Å². The highest BCUT2D eigenvalue weighted by Gasteiger charge is 2.28. The molecule has 1 saturated heterocycles. The van der Waals surface area contributed by atoms with Gasteiger partial charge in [0.1, 0.15) is 5.58 Å². The van der Waals surface area contributed by atoms with Gasteiger partial charge in [-0.05, 0) is 19.2 Å². The number of esters is 1. The van der Waals surface area contributed by atoms with E-state index in [0.717, 1.165) is 16.2 Å². The number of carbonyl (C=O) groups excluding carboxylic acids is 2. The topological polar surface area (TPSA) is 69.0 Å². The van der Waals surface area contributed by atoms with Crippen LogP contribution in [0.5, 0.6) is 0 Å². The van der Waals surface area contributed by atoms with Crippen molar-refractivity contribution in [2.45, 2.75) is 20.0 Å². The first kappa shape index (κ1) is 17.5. The number of nitrogens with zero attached hydrogens (tertiary/aromatic N) is 1. The van der Waals surface area contributed by atoms with Gasteiger partial charge in [0.05, 0.1) is 13.2 Å². The van der Waals surface area contributed by atoms with Gasteiger partial charge in [0.25, 0.3) is 5.91 Å². The number of hydrogen-bond acceptors (Lipinski definition) is 5. The van der Waals surface area contributed by atoms with Crippen LogP contribution in [0.25, 0.3) is 21.7 Å². The number of ether oxygens (including phenoxy) is 2. The number of fused-ring (bicyclic) bond motifs is 3. The predicted octanol–water partition coefficient (Wildman–Crippen LogP) is 3.30. The zero-order valence-electron chi connectivity index (χ0n) is 15.4. The highest BCUT2D eigenvalue weighted by atomic mass is 16.6. The number of rotatable bonds is 3. The van der Waals surface area contributed by atoms with Crippen LogP contribution >= 0.6 is 0 Å². The van der Waals surface area contributed by atoms with Crippen LogP contribution in [-0.2, 0) is 14.3 Å². The number of furan rings is 1. The first-order valence-electron chi connectivity index (χ1n) is 9.04. The molecule has 1 amide bonds. The van der Waals surface area contributed by atoms with E-state index in [9.17, 15) is 9.59 Å². The van der Waals surface area contributed by atoms with Crippen LogP contribution in [0.2, 0.25) is 0 Å². The van der Waals surface area contributed by atoms with Gasteiger partial charge in [0.2, 0.25) is 5.76 Å². The molecule has 0 bridgehead atoms. The third kappa shape index (κ3) is 3.17. The second-order valence-electron chi connectivity index (χ2n) is 6.70. The van der Waals surface area contributed by atoms with Gasteiger partial charge in [-0.1, -0.05) is 36.4 Å². The maximum absolute atomic E-state index is 12.7. The molecule has 6 nitrogen and oxygen atoms in total. The summed E-state index contributed by atoms with van der Waals surface area (Å²) in [7, 11) is 0. The molecule has 0 radical (unpaired) electrons. The standard InChI is InChI=1S/C21H21NO5/c1-13-16-8-7-15-5-3-4-6-17(15)19(16)27-18(13)21(24)26-14(2)20(23)22-9-11-25-12-10-22/h3-8,14H,9-12H2,1-2H3. The first-order valence-corrected chi connectivity index (χ1v) is 9.04. The van der Waals surface area contributed by atoms with Gasteiger partial charge in [0, 0.05) is 29.4 Å². The normalized spacial score (nSPS) is 15.9. The molecule has 1 aliphatic heterocycles. The summed E-state index contributed by atoms with van der Waals surface area (Å²) in [6.45, 7) is 5.44. The summed E-state index contributed by atoms with van der Waals surface area (Å²) in [6.07, 6.45) is -0.875. The van der Waals surface area contributed by atoms with E-state index in [0.29, 0.717) is 37.4 Å². The van der Waals surface area contributed by atoms with Crippen LogP contribution in [0.4, 0.5) is 0 Å². The van der Waals surface area contributed by atoms with E-state index in [2.05, 4.69) is 0 Å². The third-order valence-corrected chi connectivity index (χ3v) is 4.97. The molecule has 0 aliphatic carbocycles. The van der Waals surface area contributed by atoms with Gasteiger partial charge in [-0.3, -0.25) is 4.79 Å². The fourth-order valence-corrected chi connectivity index (χ4v) is 3.45. The maximum Gasteiger partial charge on any atom is 0.375 e. The van der Waals surface area contributed by atoms with Crippen molar-refractivity contribution in [1.82, 2.24) is 4.90 Å². The molecule has 140 valence electrons.